The normalized spacial score (nSPS) is 20.3. The Kier molecular flexibility index (Phi) is 6.63. The Morgan fingerprint density at radius 3 is 2.55 bits per heavy atom. The van der Waals surface area contributed by atoms with Crippen molar-refractivity contribution in [2.75, 3.05) is 13.7 Å². The molecule has 2 atom stereocenters. The zero-order valence-electron chi connectivity index (χ0n) is 19.1. The summed E-state index contributed by atoms with van der Waals surface area (Å²) in [7, 11) is 1.62. The number of Topliss-reactive ketones (excluding diaryl/α,β-unsaturated/α-hetero) is 1. The molecule has 172 valence electrons. The molecule has 1 heterocycles. The van der Waals surface area contributed by atoms with E-state index in [1.165, 1.54) is 12.1 Å². The Labute approximate surface area is 193 Å². The lowest BCUT2D eigenvalue weighted by molar-refractivity contribution is -0.139. The highest BCUT2D eigenvalue weighted by atomic mass is 19.1. The van der Waals surface area contributed by atoms with Crippen LogP contribution in [0.2, 0.25) is 0 Å². The van der Waals surface area contributed by atoms with Crippen molar-refractivity contribution in [1.29, 1.82) is 0 Å². The average Bonchev–Trinajstić information content (AvgIpc) is 2.82. The first kappa shape index (κ1) is 22.8. The third-order valence-corrected chi connectivity index (χ3v) is 6.27. The molecule has 0 spiro atoms. The van der Waals surface area contributed by atoms with E-state index in [0.717, 1.165) is 17.0 Å². The van der Waals surface area contributed by atoms with Gasteiger partial charge in [-0.25, -0.2) is 9.18 Å². The minimum atomic E-state index is -0.600. The van der Waals surface area contributed by atoms with Gasteiger partial charge in [-0.1, -0.05) is 37.3 Å². The van der Waals surface area contributed by atoms with Gasteiger partial charge in [0.2, 0.25) is 0 Å². The van der Waals surface area contributed by atoms with Gasteiger partial charge in [-0.15, -0.1) is 0 Å². The molecule has 0 bridgehead atoms. The topological polar surface area (TPSA) is 64.6 Å². The number of carbonyl (C=O) groups is 2. The predicted octanol–water partition coefficient (Wildman–Crippen LogP) is 5.15. The fourth-order valence-electron chi connectivity index (χ4n) is 4.79. The standard InChI is InChI=1S/C27H28FNO4/c1-4-13-33-27(31)24-16(2)29-21-14-18(20-7-5-6-8-23(20)32-3)15-22(30)26(21)25(24)17-9-11-19(28)12-10-17/h5-12,18,25,29H,4,13-15H2,1-3H3/t18-,25+/m1/s1. The van der Waals surface area contributed by atoms with Gasteiger partial charge in [-0.2, -0.15) is 0 Å². The molecule has 0 unspecified atom stereocenters. The number of ether oxygens (including phenoxy) is 2. The Morgan fingerprint density at radius 2 is 1.85 bits per heavy atom. The first-order valence-corrected chi connectivity index (χ1v) is 11.2. The number of methoxy groups -OCH3 is 1. The number of hydrogen-bond donors (Lipinski definition) is 1. The number of esters is 1. The summed E-state index contributed by atoms with van der Waals surface area (Å²) in [5.74, 6) is -0.762. The third kappa shape index (κ3) is 4.42. The molecule has 5 nitrogen and oxygen atoms in total. The Balaban J connectivity index is 1.78. The lowest BCUT2D eigenvalue weighted by Gasteiger charge is -2.37. The van der Waals surface area contributed by atoms with Crippen molar-refractivity contribution >= 4 is 11.8 Å². The zero-order valence-corrected chi connectivity index (χ0v) is 19.1. The molecule has 4 rings (SSSR count). The maximum atomic E-state index is 13.7. The van der Waals surface area contributed by atoms with Gasteiger partial charge in [0.05, 0.1) is 19.3 Å². The third-order valence-electron chi connectivity index (χ3n) is 6.27. The van der Waals surface area contributed by atoms with Gasteiger partial charge in [0.25, 0.3) is 0 Å². The van der Waals surface area contributed by atoms with Gasteiger partial charge in [0, 0.05) is 35.2 Å². The Bertz CT molecular complexity index is 1130. The summed E-state index contributed by atoms with van der Waals surface area (Å²) in [4.78, 5) is 26.6. The molecule has 0 saturated carbocycles. The summed E-state index contributed by atoms with van der Waals surface area (Å²) < 4.78 is 24.6. The van der Waals surface area contributed by atoms with Crippen LogP contribution in [-0.4, -0.2) is 25.5 Å². The molecule has 0 radical (unpaired) electrons. The van der Waals surface area contributed by atoms with Crippen LogP contribution < -0.4 is 10.1 Å². The zero-order chi connectivity index (χ0) is 23.5. The Hall–Kier alpha value is -3.41. The van der Waals surface area contributed by atoms with Crippen molar-refractivity contribution in [3.8, 4) is 5.75 Å². The van der Waals surface area contributed by atoms with Crippen molar-refractivity contribution < 1.29 is 23.5 Å². The van der Waals surface area contributed by atoms with Gasteiger partial charge in [0.1, 0.15) is 11.6 Å². The van der Waals surface area contributed by atoms with Crippen LogP contribution in [0.15, 0.2) is 71.1 Å². The minimum Gasteiger partial charge on any atom is -0.496 e. The first-order valence-electron chi connectivity index (χ1n) is 11.2. The van der Waals surface area contributed by atoms with Crippen molar-refractivity contribution in [2.45, 2.75) is 44.9 Å². The molecule has 1 aliphatic heterocycles. The second-order valence-electron chi connectivity index (χ2n) is 8.45. The number of carbonyl (C=O) groups excluding carboxylic acids is 2. The van der Waals surface area contributed by atoms with Crippen molar-refractivity contribution in [3.05, 3.63) is 88.0 Å². The van der Waals surface area contributed by atoms with Crippen LogP contribution in [0.1, 0.15) is 56.1 Å². The summed E-state index contributed by atoms with van der Waals surface area (Å²) in [6.07, 6.45) is 1.60. The van der Waals surface area contributed by atoms with Crippen molar-refractivity contribution in [2.24, 2.45) is 0 Å². The van der Waals surface area contributed by atoms with Crippen molar-refractivity contribution in [3.63, 3.8) is 0 Å². The molecule has 0 saturated heterocycles. The van der Waals surface area contributed by atoms with E-state index in [-0.39, 0.29) is 17.5 Å². The van der Waals surface area contributed by atoms with E-state index in [9.17, 15) is 14.0 Å². The van der Waals surface area contributed by atoms with E-state index in [2.05, 4.69) is 5.32 Å². The average molecular weight is 450 g/mol. The summed E-state index contributed by atoms with van der Waals surface area (Å²) in [6.45, 7) is 4.04. The molecule has 0 fully saturated rings. The summed E-state index contributed by atoms with van der Waals surface area (Å²) in [5, 5.41) is 3.33. The largest absolute Gasteiger partial charge is 0.496 e. The van der Waals surface area contributed by atoms with E-state index in [1.54, 1.807) is 19.2 Å². The molecular weight excluding hydrogens is 421 g/mol. The fraction of sp³-hybridized carbons (Fsp3) is 0.333. The number of allylic oxidation sites excluding steroid dienone is 3. The van der Waals surface area contributed by atoms with Gasteiger partial charge in [-0.3, -0.25) is 4.79 Å². The molecule has 0 amide bonds. The molecule has 2 aliphatic rings. The van der Waals surface area contributed by atoms with Crippen LogP contribution in [0.5, 0.6) is 5.75 Å². The molecular formula is C27H28FNO4. The van der Waals surface area contributed by atoms with Gasteiger partial charge < -0.3 is 14.8 Å². The highest BCUT2D eigenvalue weighted by Gasteiger charge is 2.41. The second-order valence-corrected chi connectivity index (χ2v) is 8.45. The molecule has 6 heteroatoms. The maximum Gasteiger partial charge on any atom is 0.336 e. The van der Waals surface area contributed by atoms with Crippen LogP contribution >= 0.6 is 0 Å². The highest BCUT2D eigenvalue weighted by Crippen LogP contribution is 2.46. The SMILES string of the molecule is CCCOC(=O)C1=C(C)NC2=C(C(=O)C[C@H](c3ccccc3OC)C2)[C@H]1c1ccc(F)cc1. The van der Waals surface area contributed by atoms with Crippen LogP contribution in [-0.2, 0) is 14.3 Å². The summed E-state index contributed by atoms with van der Waals surface area (Å²) >= 11 is 0. The van der Waals surface area contributed by atoms with Gasteiger partial charge in [-0.05, 0) is 49.1 Å². The van der Waals surface area contributed by atoms with Crippen LogP contribution in [0.25, 0.3) is 0 Å². The number of para-hydroxylation sites is 1. The smallest absolute Gasteiger partial charge is 0.336 e. The van der Waals surface area contributed by atoms with Crippen LogP contribution in [0.3, 0.4) is 0 Å². The fourth-order valence-corrected chi connectivity index (χ4v) is 4.79. The van der Waals surface area contributed by atoms with Crippen LogP contribution in [0, 0.1) is 5.82 Å². The summed E-state index contributed by atoms with van der Waals surface area (Å²) in [6, 6.07) is 13.7. The van der Waals surface area contributed by atoms with Gasteiger partial charge >= 0.3 is 5.97 Å². The molecule has 1 aliphatic carbocycles. The van der Waals surface area contributed by atoms with Crippen LogP contribution in [0.4, 0.5) is 4.39 Å². The van der Waals surface area contributed by atoms with E-state index in [1.807, 2.05) is 38.1 Å². The lowest BCUT2D eigenvalue weighted by Crippen LogP contribution is -2.36. The number of rotatable bonds is 6. The number of benzene rings is 2. The molecule has 33 heavy (non-hydrogen) atoms. The highest BCUT2D eigenvalue weighted by molar-refractivity contribution is 6.04. The number of hydrogen-bond acceptors (Lipinski definition) is 5. The molecule has 1 N–H and O–H groups in total. The predicted molar refractivity (Wildman–Crippen MR) is 123 cm³/mol. The van der Waals surface area contributed by atoms with E-state index >= 15 is 0 Å². The Morgan fingerprint density at radius 1 is 1.12 bits per heavy atom. The minimum absolute atomic E-state index is 0.0396. The van der Waals surface area contributed by atoms with E-state index in [0.29, 0.717) is 48.3 Å². The molecule has 2 aromatic carbocycles. The van der Waals surface area contributed by atoms with Gasteiger partial charge in [0.15, 0.2) is 5.78 Å². The van der Waals surface area contributed by atoms with Crippen molar-refractivity contribution in [1.82, 2.24) is 5.32 Å². The number of nitrogens with one attached hydrogen (secondary N) is 1. The monoisotopic (exact) mass is 449 g/mol. The first-order chi connectivity index (χ1) is 15.9. The molecule has 2 aromatic rings. The number of ketones is 1. The number of dihydropyridines is 1. The maximum absolute atomic E-state index is 13.7. The molecule has 0 aromatic heterocycles. The van der Waals surface area contributed by atoms with E-state index < -0.39 is 11.9 Å². The second kappa shape index (κ2) is 9.61. The number of halogens is 1. The quantitative estimate of drug-likeness (QED) is 0.618. The van der Waals surface area contributed by atoms with E-state index in [4.69, 9.17) is 9.47 Å². The summed E-state index contributed by atoms with van der Waals surface area (Å²) in [5.41, 5.74) is 4.07. The lowest BCUT2D eigenvalue weighted by atomic mass is 9.71.